The molecule has 2 atom stereocenters. The monoisotopic (exact) mass is 307 g/mol. The molecule has 0 saturated heterocycles. The smallest absolute Gasteiger partial charge is 0.410 e. The van der Waals surface area contributed by atoms with Crippen LogP contribution in [-0.2, 0) is 9.53 Å². The van der Waals surface area contributed by atoms with Crippen LogP contribution in [0.25, 0.3) is 0 Å². The Morgan fingerprint density at radius 1 is 1.36 bits per heavy atom. The summed E-state index contributed by atoms with van der Waals surface area (Å²) in [6.45, 7) is 13.1. The lowest BCUT2D eigenvalue weighted by Crippen LogP contribution is -2.52. The molecule has 1 heterocycles. The van der Waals surface area contributed by atoms with Gasteiger partial charge in [0.2, 0.25) is 0 Å². The van der Waals surface area contributed by atoms with Crippen LogP contribution in [0.1, 0.15) is 60.8 Å². The zero-order valence-electron chi connectivity index (χ0n) is 14.8. The average molecular weight is 307 g/mol. The third kappa shape index (κ3) is 2.92. The molecular weight excluding hydrogens is 278 g/mol. The van der Waals surface area contributed by atoms with E-state index in [1.54, 1.807) is 4.90 Å². The van der Waals surface area contributed by atoms with Crippen molar-refractivity contribution in [2.75, 3.05) is 13.1 Å². The molecule has 124 valence electrons. The van der Waals surface area contributed by atoms with Crippen molar-refractivity contribution in [3.63, 3.8) is 0 Å². The first kappa shape index (κ1) is 17.0. The Balaban J connectivity index is 2.26. The van der Waals surface area contributed by atoms with E-state index >= 15 is 0 Å². The molecule has 1 aliphatic heterocycles. The molecule has 1 fully saturated rings. The summed E-state index contributed by atoms with van der Waals surface area (Å²) >= 11 is 0. The zero-order chi connectivity index (χ0) is 16.8. The molecule has 2 aliphatic rings. The summed E-state index contributed by atoms with van der Waals surface area (Å²) in [4.78, 5) is 26.5. The second-order valence-corrected chi connectivity index (χ2v) is 8.15. The van der Waals surface area contributed by atoms with Gasteiger partial charge in [0.15, 0.2) is 0 Å². The van der Waals surface area contributed by atoms with E-state index in [1.165, 1.54) is 5.57 Å². The van der Waals surface area contributed by atoms with Crippen LogP contribution in [0.5, 0.6) is 0 Å². The highest BCUT2D eigenvalue weighted by atomic mass is 16.6. The van der Waals surface area contributed by atoms with Crippen LogP contribution in [0.15, 0.2) is 11.6 Å². The first-order valence-electron chi connectivity index (χ1n) is 8.24. The van der Waals surface area contributed by atoms with Crippen LogP contribution in [0.3, 0.4) is 0 Å². The van der Waals surface area contributed by atoms with Crippen molar-refractivity contribution in [3.8, 4) is 0 Å². The number of Topliss-reactive ketones (excluding diaryl/α,β-unsaturated/α-hetero) is 1. The number of carbonyl (C=O) groups excluding carboxylic acids is 2. The summed E-state index contributed by atoms with van der Waals surface area (Å²) in [6, 6.07) is 0. The van der Waals surface area contributed by atoms with Crippen molar-refractivity contribution >= 4 is 11.9 Å². The number of hydrogen-bond acceptors (Lipinski definition) is 3. The Kier molecular flexibility index (Phi) is 4.18. The minimum atomic E-state index is -0.484. The van der Waals surface area contributed by atoms with Crippen LogP contribution in [0, 0.1) is 10.8 Å². The zero-order valence-corrected chi connectivity index (χ0v) is 14.8. The summed E-state index contributed by atoms with van der Waals surface area (Å²) in [6.07, 6.45) is 4.06. The van der Waals surface area contributed by atoms with E-state index in [2.05, 4.69) is 26.8 Å². The fraction of sp³-hybridized carbons (Fsp3) is 0.778. The molecule has 22 heavy (non-hydrogen) atoms. The Bertz CT molecular complexity index is 517. The first-order chi connectivity index (χ1) is 10.0. The minimum Gasteiger partial charge on any atom is -0.444 e. The minimum absolute atomic E-state index is 0.117. The van der Waals surface area contributed by atoms with Gasteiger partial charge in [-0.2, -0.15) is 0 Å². The number of nitrogens with zero attached hydrogens (tertiary/aromatic N) is 1. The number of ketones is 1. The van der Waals surface area contributed by atoms with Gasteiger partial charge in [0.05, 0.1) is 0 Å². The van der Waals surface area contributed by atoms with E-state index in [4.69, 9.17) is 4.74 Å². The van der Waals surface area contributed by atoms with E-state index in [-0.39, 0.29) is 16.9 Å². The predicted octanol–water partition coefficient (Wildman–Crippen LogP) is 3.95. The van der Waals surface area contributed by atoms with Gasteiger partial charge < -0.3 is 9.64 Å². The fourth-order valence-corrected chi connectivity index (χ4v) is 3.79. The molecule has 1 aliphatic carbocycles. The van der Waals surface area contributed by atoms with Crippen molar-refractivity contribution in [2.24, 2.45) is 10.8 Å². The molecule has 1 amide bonds. The molecule has 0 N–H and O–H groups in total. The van der Waals surface area contributed by atoms with Crippen molar-refractivity contribution in [1.82, 2.24) is 4.90 Å². The standard InChI is InChI=1S/C18H29NO3/c1-7-18(6)13-9-11-19(15(21)22-16(2,3)4)12-17(13,5)10-8-14(18)20/h9H,7-8,10-12H2,1-6H3/t17-,18-/m0/s1. The maximum absolute atomic E-state index is 12.4. The van der Waals surface area contributed by atoms with Gasteiger partial charge in [0.25, 0.3) is 0 Å². The summed E-state index contributed by atoms with van der Waals surface area (Å²) in [5.74, 6) is 0.337. The van der Waals surface area contributed by atoms with Crippen LogP contribution >= 0.6 is 0 Å². The van der Waals surface area contributed by atoms with Crippen molar-refractivity contribution in [3.05, 3.63) is 11.6 Å². The molecular formula is C18H29NO3. The fourth-order valence-electron chi connectivity index (χ4n) is 3.79. The van der Waals surface area contributed by atoms with Crippen LogP contribution in [0.4, 0.5) is 4.79 Å². The highest BCUT2D eigenvalue weighted by Gasteiger charge is 2.50. The molecule has 0 unspecified atom stereocenters. The predicted molar refractivity (Wildman–Crippen MR) is 86.6 cm³/mol. The third-order valence-corrected chi connectivity index (χ3v) is 5.18. The summed E-state index contributed by atoms with van der Waals surface area (Å²) in [5, 5.41) is 0. The molecule has 0 aromatic heterocycles. The maximum Gasteiger partial charge on any atom is 0.410 e. The van der Waals surface area contributed by atoms with Gasteiger partial charge in [-0.1, -0.05) is 25.5 Å². The molecule has 1 saturated carbocycles. The Hall–Kier alpha value is -1.32. The number of amides is 1. The van der Waals surface area contributed by atoms with Crippen LogP contribution in [-0.4, -0.2) is 35.5 Å². The topological polar surface area (TPSA) is 46.6 Å². The summed E-state index contributed by atoms with van der Waals surface area (Å²) in [5.41, 5.74) is 0.252. The molecule has 0 radical (unpaired) electrons. The average Bonchev–Trinajstić information content (AvgIpc) is 2.41. The normalized spacial score (nSPS) is 32.4. The quantitative estimate of drug-likeness (QED) is 0.689. The summed E-state index contributed by atoms with van der Waals surface area (Å²) < 4.78 is 5.49. The molecule has 0 aromatic rings. The lowest BCUT2D eigenvalue weighted by molar-refractivity contribution is -0.130. The van der Waals surface area contributed by atoms with E-state index in [0.29, 0.717) is 25.3 Å². The highest BCUT2D eigenvalue weighted by molar-refractivity contribution is 5.89. The van der Waals surface area contributed by atoms with Crippen molar-refractivity contribution in [1.29, 1.82) is 0 Å². The number of carbonyl (C=O) groups is 2. The Morgan fingerprint density at radius 3 is 2.55 bits per heavy atom. The molecule has 0 aromatic carbocycles. The second-order valence-electron chi connectivity index (χ2n) is 8.15. The van der Waals surface area contributed by atoms with Gasteiger partial charge in [-0.3, -0.25) is 4.79 Å². The van der Waals surface area contributed by atoms with Gasteiger partial charge in [-0.15, -0.1) is 0 Å². The third-order valence-electron chi connectivity index (χ3n) is 5.18. The van der Waals surface area contributed by atoms with Crippen LogP contribution < -0.4 is 0 Å². The number of fused-ring (bicyclic) bond motifs is 1. The molecule has 2 rings (SSSR count). The largest absolute Gasteiger partial charge is 0.444 e. The highest BCUT2D eigenvalue weighted by Crippen LogP contribution is 2.52. The molecule has 4 nitrogen and oxygen atoms in total. The van der Waals surface area contributed by atoms with Crippen LogP contribution in [0.2, 0.25) is 0 Å². The van der Waals surface area contributed by atoms with Gasteiger partial charge in [0.1, 0.15) is 11.4 Å². The van der Waals surface area contributed by atoms with E-state index in [0.717, 1.165) is 12.8 Å². The second kappa shape index (κ2) is 5.39. The van der Waals surface area contributed by atoms with E-state index in [9.17, 15) is 9.59 Å². The van der Waals surface area contributed by atoms with Crippen molar-refractivity contribution < 1.29 is 14.3 Å². The Labute approximate surface area is 133 Å². The van der Waals surface area contributed by atoms with Gasteiger partial charge in [-0.25, -0.2) is 4.79 Å². The van der Waals surface area contributed by atoms with Crippen molar-refractivity contribution in [2.45, 2.75) is 66.4 Å². The SMILES string of the molecule is CC[C@]1(C)C(=O)CC[C@@]2(C)CN(C(=O)OC(C)(C)C)CC=C21. The number of rotatable bonds is 1. The molecule has 0 bridgehead atoms. The first-order valence-corrected chi connectivity index (χ1v) is 8.24. The lowest BCUT2D eigenvalue weighted by atomic mass is 9.57. The Morgan fingerprint density at radius 2 is 2.00 bits per heavy atom. The molecule has 0 spiro atoms. The number of ether oxygens (including phenoxy) is 1. The van der Waals surface area contributed by atoms with Gasteiger partial charge >= 0.3 is 6.09 Å². The van der Waals surface area contributed by atoms with E-state index < -0.39 is 5.60 Å². The van der Waals surface area contributed by atoms with Gasteiger partial charge in [-0.05, 0) is 40.5 Å². The summed E-state index contributed by atoms with van der Waals surface area (Å²) in [7, 11) is 0. The van der Waals surface area contributed by atoms with Gasteiger partial charge in [0, 0.05) is 30.3 Å². The molecule has 4 heteroatoms. The lowest BCUT2D eigenvalue weighted by Gasteiger charge is -2.50. The van der Waals surface area contributed by atoms with E-state index in [1.807, 2.05) is 20.8 Å². The number of hydrogen-bond donors (Lipinski definition) is 0. The maximum atomic E-state index is 12.4.